The summed E-state index contributed by atoms with van der Waals surface area (Å²) in [6, 6.07) is 72.1. The topological polar surface area (TPSA) is 3.24 Å². The molecule has 3 aliphatic carbocycles. The molecule has 59 heavy (non-hydrogen) atoms. The van der Waals surface area contributed by atoms with Crippen LogP contribution in [-0.4, -0.2) is 0 Å². The smallest absolute Gasteiger partial charge is 0.0881 e. The molecule has 0 atom stereocenters. The molecule has 1 spiro atoms. The minimum atomic E-state index is -0.642. The third kappa shape index (κ3) is 5.04. The zero-order chi connectivity index (χ0) is 39.7. The Hall–Kier alpha value is -7.22. The largest absolute Gasteiger partial charge is 0.311 e. The van der Waals surface area contributed by atoms with Gasteiger partial charge in [-0.15, -0.1) is 0 Å². The van der Waals surface area contributed by atoms with E-state index in [2.05, 4.69) is 232 Å². The number of allylic oxidation sites excluding steroid dienone is 5. The molecule has 280 valence electrons. The zero-order valence-corrected chi connectivity index (χ0v) is 33.4. The average Bonchev–Trinajstić information content (AvgIpc) is 3.85. The molecule has 0 aromatic heterocycles. The summed E-state index contributed by atoms with van der Waals surface area (Å²) < 4.78 is 0. The van der Waals surface area contributed by atoms with Crippen LogP contribution in [-0.2, 0) is 10.8 Å². The van der Waals surface area contributed by atoms with Crippen LogP contribution >= 0.6 is 0 Å². The molecule has 8 aromatic carbocycles. The second-order valence-electron chi connectivity index (χ2n) is 16.5. The molecule has 11 rings (SSSR count). The summed E-state index contributed by atoms with van der Waals surface area (Å²) in [5, 5.41) is 0. The van der Waals surface area contributed by atoms with Gasteiger partial charge in [-0.05, 0) is 96.6 Å². The molecular weight excluding hydrogens is 711 g/mol. The number of nitrogens with zero attached hydrogens (tertiary/aromatic N) is 1. The SMILES string of the molecule is C=C/C=C\C1=C(N(c2cc(-c3ccccc3)cc(-c3ccccc3)c2)c2cccc3c2-c2ccccc2C3(C)C)C2(c3ccccc31)c1ccccc1-c1ccccc12. The van der Waals surface area contributed by atoms with E-state index in [-0.39, 0.29) is 5.41 Å². The molecule has 0 fully saturated rings. The summed E-state index contributed by atoms with van der Waals surface area (Å²) in [4.78, 5) is 2.65. The van der Waals surface area contributed by atoms with Crippen molar-refractivity contribution < 1.29 is 0 Å². The molecule has 1 heteroatoms. The maximum Gasteiger partial charge on any atom is 0.0881 e. The van der Waals surface area contributed by atoms with E-state index in [1.165, 1.54) is 94.8 Å². The van der Waals surface area contributed by atoms with E-state index < -0.39 is 5.41 Å². The van der Waals surface area contributed by atoms with Crippen molar-refractivity contribution in [1.29, 1.82) is 0 Å². The first-order valence-electron chi connectivity index (χ1n) is 20.6. The van der Waals surface area contributed by atoms with Crippen LogP contribution in [0.15, 0.2) is 225 Å². The van der Waals surface area contributed by atoms with E-state index in [1.807, 2.05) is 6.08 Å². The predicted octanol–water partition coefficient (Wildman–Crippen LogP) is 14.9. The molecule has 0 saturated heterocycles. The molecule has 0 radical (unpaired) electrons. The van der Waals surface area contributed by atoms with Crippen molar-refractivity contribution >= 4 is 16.9 Å². The van der Waals surface area contributed by atoms with Gasteiger partial charge in [-0.25, -0.2) is 0 Å². The molecule has 0 unspecified atom stereocenters. The van der Waals surface area contributed by atoms with E-state index in [9.17, 15) is 0 Å². The van der Waals surface area contributed by atoms with Crippen LogP contribution in [0.5, 0.6) is 0 Å². The highest BCUT2D eigenvalue weighted by Gasteiger charge is 2.55. The average molecular weight is 754 g/mol. The highest BCUT2D eigenvalue weighted by molar-refractivity contribution is 6.03. The molecule has 0 heterocycles. The summed E-state index contributed by atoms with van der Waals surface area (Å²) >= 11 is 0. The molecular formula is C58H43N. The Kier molecular flexibility index (Phi) is 7.97. The summed E-state index contributed by atoms with van der Waals surface area (Å²) in [6.45, 7) is 8.94. The van der Waals surface area contributed by atoms with Crippen LogP contribution in [0.2, 0.25) is 0 Å². The van der Waals surface area contributed by atoms with Crippen molar-refractivity contribution in [2.75, 3.05) is 4.90 Å². The Morgan fingerprint density at radius 2 is 0.915 bits per heavy atom. The fourth-order valence-corrected chi connectivity index (χ4v) is 10.5. The third-order valence-electron chi connectivity index (χ3n) is 13.0. The summed E-state index contributed by atoms with van der Waals surface area (Å²) in [5.41, 5.74) is 21.5. The second-order valence-corrected chi connectivity index (χ2v) is 16.5. The number of rotatable bonds is 7. The molecule has 0 N–H and O–H groups in total. The lowest BCUT2D eigenvalue weighted by Gasteiger charge is -2.40. The Morgan fingerprint density at radius 3 is 1.49 bits per heavy atom. The zero-order valence-electron chi connectivity index (χ0n) is 33.4. The van der Waals surface area contributed by atoms with Gasteiger partial charge >= 0.3 is 0 Å². The fraction of sp³-hybridized carbons (Fsp3) is 0.0690. The molecule has 0 aliphatic heterocycles. The van der Waals surface area contributed by atoms with E-state index in [4.69, 9.17) is 0 Å². The predicted molar refractivity (Wildman–Crippen MR) is 248 cm³/mol. The van der Waals surface area contributed by atoms with Crippen molar-refractivity contribution in [3.8, 4) is 44.5 Å². The van der Waals surface area contributed by atoms with Gasteiger partial charge in [-0.3, -0.25) is 0 Å². The van der Waals surface area contributed by atoms with Gasteiger partial charge in [0.05, 0.1) is 16.8 Å². The highest BCUT2D eigenvalue weighted by Crippen LogP contribution is 2.65. The molecule has 0 bridgehead atoms. The van der Waals surface area contributed by atoms with Gasteiger partial charge in [-0.1, -0.05) is 209 Å². The molecule has 0 saturated carbocycles. The van der Waals surface area contributed by atoms with Crippen molar-refractivity contribution in [2.24, 2.45) is 0 Å². The van der Waals surface area contributed by atoms with E-state index >= 15 is 0 Å². The minimum absolute atomic E-state index is 0.183. The number of hydrogen-bond acceptors (Lipinski definition) is 1. The van der Waals surface area contributed by atoms with Crippen molar-refractivity contribution in [2.45, 2.75) is 24.7 Å². The van der Waals surface area contributed by atoms with Crippen LogP contribution in [0.3, 0.4) is 0 Å². The lowest BCUT2D eigenvalue weighted by atomic mass is 9.71. The van der Waals surface area contributed by atoms with Crippen LogP contribution < -0.4 is 4.90 Å². The Bertz CT molecular complexity index is 2930. The van der Waals surface area contributed by atoms with Crippen LogP contribution in [0.4, 0.5) is 11.4 Å². The Balaban J connectivity index is 1.34. The number of anilines is 2. The molecule has 3 aliphatic rings. The number of benzene rings is 8. The minimum Gasteiger partial charge on any atom is -0.311 e. The lowest BCUT2D eigenvalue weighted by molar-refractivity contribution is 0.660. The van der Waals surface area contributed by atoms with Crippen LogP contribution in [0.25, 0.3) is 50.1 Å². The van der Waals surface area contributed by atoms with Crippen molar-refractivity contribution in [3.63, 3.8) is 0 Å². The fourth-order valence-electron chi connectivity index (χ4n) is 10.5. The van der Waals surface area contributed by atoms with Crippen LogP contribution in [0, 0.1) is 0 Å². The summed E-state index contributed by atoms with van der Waals surface area (Å²) in [6.07, 6.45) is 6.31. The monoisotopic (exact) mass is 753 g/mol. The van der Waals surface area contributed by atoms with Gasteiger partial charge in [0.25, 0.3) is 0 Å². The van der Waals surface area contributed by atoms with Crippen molar-refractivity contribution in [3.05, 3.63) is 258 Å². The standard InChI is InChI=1S/C58H43N/c1-4-5-25-47-46-28-14-19-33-52(46)58(50-31-17-12-26-44(50)45-27-13-18-32-51(45)58)56(47)59(54-35-20-34-53-55(54)48-29-15-16-30-49(48)57(53,2)3)43-37-41(39-21-8-6-9-22-39)36-42(38-43)40-23-10-7-11-24-40/h4-38H,1H2,2-3H3/b25-5-. The Morgan fingerprint density at radius 1 is 0.441 bits per heavy atom. The van der Waals surface area contributed by atoms with E-state index in [1.54, 1.807) is 0 Å². The Labute approximate surface area is 347 Å². The van der Waals surface area contributed by atoms with Crippen LogP contribution in [0.1, 0.15) is 47.2 Å². The second kappa shape index (κ2) is 13.4. The van der Waals surface area contributed by atoms with E-state index in [0.29, 0.717) is 0 Å². The maximum absolute atomic E-state index is 4.18. The molecule has 8 aromatic rings. The van der Waals surface area contributed by atoms with Gasteiger partial charge in [0.2, 0.25) is 0 Å². The normalized spacial score (nSPS) is 14.8. The third-order valence-corrected chi connectivity index (χ3v) is 13.0. The first-order valence-corrected chi connectivity index (χ1v) is 20.6. The summed E-state index contributed by atoms with van der Waals surface area (Å²) in [5.74, 6) is 0. The quantitative estimate of drug-likeness (QED) is 0.147. The molecule has 0 amide bonds. The van der Waals surface area contributed by atoms with Crippen molar-refractivity contribution in [1.82, 2.24) is 0 Å². The highest BCUT2D eigenvalue weighted by atomic mass is 15.2. The van der Waals surface area contributed by atoms with Gasteiger partial charge in [0.1, 0.15) is 0 Å². The number of hydrogen-bond donors (Lipinski definition) is 0. The van der Waals surface area contributed by atoms with Gasteiger partial charge in [0.15, 0.2) is 0 Å². The number of fused-ring (bicyclic) bond motifs is 10. The lowest BCUT2D eigenvalue weighted by Crippen LogP contribution is -2.36. The maximum atomic E-state index is 4.18. The van der Waals surface area contributed by atoms with Gasteiger partial charge in [0, 0.05) is 22.2 Å². The van der Waals surface area contributed by atoms with Gasteiger partial charge < -0.3 is 4.90 Å². The molecule has 1 nitrogen and oxygen atoms in total. The van der Waals surface area contributed by atoms with E-state index in [0.717, 1.165) is 5.69 Å². The first kappa shape index (κ1) is 35.0. The van der Waals surface area contributed by atoms with Gasteiger partial charge in [-0.2, -0.15) is 0 Å². The summed E-state index contributed by atoms with van der Waals surface area (Å²) in [7, 11) is 0. The first-order chi connectivity index (χ1) is 29.0.